The largest absolute Gasteiger partial charge is 0.339 e. The van der Waals surface area contributed by atoms with E-state index in [0.717, 1.165) is 31.2 Å². The van der Waals surface area contributed by atoms with Crippen molar-refractivity contribution >= 4 is 6.03 Å². The zero-order valence-electron chi connectivity index (χ0n) is 14.3. The van der Waals surface area contributed by atoms with Gasteiger partial charge in [0.05, 0.1) is 0 Å². The number of hydrogen-bond donors (Lipinski definition) is 2. The van der Waals surface area contributed by atoms with Crippen LogP contribution in [-0.2, 0) is 11.8 Å². The second-order valence-corrected chi connectivity index (χ2v) is 6.59. The Kier molecular flexibility index (Phi) is 5.31. The first-order chi connectivity index (χ1) is 12.1. The summed E-state index contributed by atoms with van der Waals surface area (Å²) < 4.78 is 18.2. The third-order valence-electron chi connectivity index (χ3n) is 4.80. The van der Waals surface area contributed by atoms with Crippen LogP contribution in [0.25, 0.3) is 0 Å². The van der Waals surface area contributed by atoms with Crippen LogP contribution in [0, 0.1) is 12.7 Å². The van der Waals surface area contributed by atoms with Gasteiger partial charge in [0.2, 0.25) is 5.89 Å². The molecule has 0 unspecified atom stereocenters. The average Bonchev–Trinajstić information content (AvgIpc) is 3.24. The minimum atomic E-state index is -0.237. The summed E-state index contributed by atoms with van der Waals surface area (Å²) in [6.07, 6.45) is 4.74. The minimum Gasteiger partial charge on any atom is -0.339 e. The van der Waals surface area contributed by atoms with E-state index in [-0.39, 0.29) is 17.3 Å². The van der Waals surface area contributed by atoms with Crippen molar-refractivity contribution < 1.29 is 13.7 Å². The fourth-order valence-corrected chi connectivity index (χ4v) is 3.46. The molecule has 2 aromatic rings. The number of hydrogen-bond acceptors (Lipinski definition) is 4. The Bertz CT molecular complexity index is 708. The molecular formula is C18H23FN4O2. The topological polar surface area (TPSA) is 80.0 Å². The van der Waals surface area contributed by atoms with Crippen LogP contribution in [0.1, 0.15) is 43.0 Å². The summed E-state index contributed by atoms with van der Waals surface area (Å²) in [5.41, 5.74) is 0.988. The van der Waals surface area contributed by atoms with E-state index >= 15 is 0 Å². The lowest BCUT2D eigenvalue weighted by Gasteiger charge is -2.30. The molecule has 6 nitrogen and oxygen atoms in total. The number of carbonyl (C=O) groups is 1. The summed E-state index contributed by atoms with van der Waals surface area (Å²) in [6.45, 7) is 2.73. The third-order valence-corrected chi connectivity index (χ3v) is 4.80. The van der Waals surface area contributed by atoms with E-state index in [4.69, 9.17) is 4.52 Å². The van der Waals surface area contributed by atoms with Crippen LogP contribution in [0.3, 0.4) is 0 Å². The van der Waals surface area contributed by atoms with Gasteiger partial charge in [0.15, 0.2) is 5.82 Å². The number of amides is 2. The molecule has 0 saturated heterocycles. The first-order valence-corrected chi connectivity index (χ1v) is 8.64. The average molecular weight is 346 g/mol. The molecular weight excluding hydrogens is 323 g/mol. The highest BCUT2D eigenvalue weighted by Crippen LogP contribution is 2.40. The fraction of sp³-hybridized carbons (Fsp3) is 0.500. The molecule has 7 heteroatoms. The number of carbonyl (C=O) groups excluding carboxylic acids is 1. The molecule has 134 valence electrons. The summed E-state index contributed by atoms with van der Waals surface area (Å²) in [4.78, 5) is 16.2. The first-order valence-electron chi connectivity index (χ1n) is 8.64. The van der Waals surface area contributed by atoms with Gasteiger partial charge in [-0.2, -0.15) is 4.98 Å². The molecule has 0 radical (unpaired) electrons. The number of benzene rings is 1. The molecule has 1 heterocycles. The van der Waals surface area contributed by atoms with Gasteiger partial charge in [-0.25, -0.2) is 9.18 Å². The van der Waals surface area contributed by atoms with Crippen LogP contribution in [-0.4, -0.2) is 29.3 Å². The van der Waals surface area contributed by atoms with Crippen molar-refractivity contribution in [1.29, 1.82) is 0 Å². The molecule has 1 aromatic carbocycles. The van der Waals surface area contributed by atoms with Gasteiger partial charge in [0, 0.05) is 24.9 Å². The number of nitrogens with zero attached hydrogens (tertiary/aromatic N) is 2. The van der Waals surface area contributed by atoms with Gasteiger partial charge in [0.1, 0.15) is 5.82 Å². The predicted molar refractivity (Wildman–Crippen MR) is 90.7 cm³/mol. The van der Waals surface area contributed by atoms with Crippen molar-refractivity contribution in [2.24, 2.45) is 0 Å². The van der Waals surface area contributed by atoms with Gasteiger partial charge in [-0.1, -0.05) is 30.1 Å². The second kappa shape index (κ2) is 7.63. The van der Waals surface area contributed by atoms with Crippen molar-refractivity contribution in [2.45, 2.75) is 44.4 Å². The molecule has 1 aliphatic rings. The van der Waals surface area contributed by atoms with E-state index in [0.29, 0.717) is 31.2 Å². The lowest BCUT2D eigenvalue weighted by atomic mass is 9.79. The highest BCUT2D eigenvalue weighted by Gasteiger charge is 2.35. The Balaban J connectivity index is 1.51. The lowest BCUT2D eigenvalue weighted by molar-refractivity contribution is 0.237. The molecule has 0 aliphatic heterocycles. The first kappa shape index (κ1) is 17.4. The van der Waals surface area contributed by atoms with Crippen molar-refractivity contribution in [3.05, 3.63) is 47.4 Å². The SMILES string of the molecule is Cc1noc(CCNC(=O)NCC2(c3ccc(F)cc3)CCCC2)n1. The van der Waals surface area contributed by atoms with Gasteiger partial charge in [-0.3, -0.25) is 0 Å². The zero-order chi connectivity index (χ0) is 17.7. The van der Waals surface area contributed by atoms with Crippen LogP contribution in [0.5, 0.6) is 0 Å². The van der Waals surface area contributed by atoms with Crippen LogP contribution >= 0.6 is 0 Å². The number of aromatic nitrogens is 2. The number of aryl methyl sites for hydroxylation is 1. The minimum absolute atomic E-state index is 0.103. The van der Waals surface area contributed by atoms with Gasteiger partial charge in [-0.15, -0.1) is 0 Å². The Morgan fingerprint density at radius 1 is 1.24 bits per heavy atom. The monoisotopic (exact) mass is 346 g/mol. The highest BCUT2D eigenvalue weighted by molar-refractivity contribution is 5.74. The summed E-state index contributed by atoms with van der Waals surface area (Å²) in [5, 5.41) is 9.47. The maximum absolute atomic E-state index is 13.2. The van der Waals surface area contributed by atoms with Crippen LogP contribution < -0.4 is 10.6 Å². The third kappa shape index (κ3) is 4.35. The maximum Gasteiger partial charge on any atom is 0.314 e. The summed E-state index contributed by atoms with van der Waals surface area (Å²) in [5.74, 6) is 0.858. The molecule has 0 bridgehead atoms. The molecule has 0 spiro atoms. The van der Waals surface area contributed by atoms with Crippen LogP contribution in [0.15, 0.2) is 28.8 Å². The van der Waals surface area contributed by atoms with E-state index in [9.17, 15) is 9.18 Å². The zero-order valence-corrected chi connectivity index (χ0v) is 14.3. The standard InChI is InChI=1S/C18H23FN4O2/c1-13-22-16(25-23-13)8-11-20-17(24)21-12-18(9-2-3-10-18)14-4-6-15(19)7-5-14/h4-7H,2-3,8-12H2,1H3,(H2,20,21,24). The fourth-order valence-electron chi connectivity index (χ4n) is 3.46. The molecule has 1 aliphatic carbocycles. The van der Waals surface area contributed by atoms with Gasteiger partial charge in [0.25, 0.3) is 0 Å². The quantitative estimate of drug-likeness (QED) is 0.843. The normalized spacial score (nSPS) is 15.9. The molecule has 2 N–H and O–H groups in total. The van der Waals surface area contributed by atoms with Gasteiger partial charge in [-0.05, 0) is 37.5 Å². The number of halogens is 1. The Hall–Kier alpha value is -2.44. The lowest BCUT2D eigenvalue weighted by Crippen LogP contribution is -2.44. The Morgan fingerprint density at radius 3 is 2.60 bits per heavy atom. The maximum atomic E-state index is 13.2. The Morgan fingerprint density at radius 2 is 1.96 bits per heavy atom. The number of rotatable bonds is 6. The number of nitrogens with one attached hydrogen (secondary N) is 2. The molecule has 25 heavy (non-hydrogen) atoms. The van der Waals surface area contributed by atoms with Crippen molar-refractivity contribution in [3.63, 3.8) is 0 Å². The molecule has 1 saturated carbocycles. The number of urea groups is 1. The summed E-state index contributed by atoms with van der Waals surface area (Å²) >= 11 is 0. The van der Waals surface area contributed by atoms with E-state index in [2.05, 4.69) is 20.8 Å². The molecule has 0 atom stereocenters. The van der Waals surface area contributed by atoms with E-state index in [1.165, 1.54) is 12.1 Å². The molecule has 2 amide bonds. The van der Waals surface area contributed by atoms with E-state index in [1.807, 2.05) is 12.1 Å². The van der Waals surface area contributed by atoms with E-state index < -0.39 is 0 Å². The van der Waals surface area contributed by atoms with Gasteiger partial charge >= 0.3 is 6.03 Å². The predicted octanol–water partition coefficient (Wildman–Crippen LogP) is 2.87. The molecule has 1 aromatic heterocycles. The van der Waals surface area contributed by atoms with Crippen LogP contribution in [0.4, 0.5) is 9.18 Å². The highest BCUT2D eigenvalue weighted by atomic mass is 19.1. The second-order valence-electron chi connectivity index (χ2n) is 6.59. The molecule has 3 rings (SSSR count). The van der Waals surface area contributed by atoms with Crippen molar-refractivity contribution in [1.82, 2.24) is 20.8 Å². The van der Waals surface area contributed by atoms with Crippen LogP contribution in [0.2, 0.25) is 0 Å². The Labute approximate surface area is 146 Å². The van der Waals surface area contributed by atoms with Gasteiger partial charge < -0.3 is 15.2 Å². The van der Waals surface area contributed by atoms with Crippen molar-refractivity contribution in [2.75, 3.05) is 13.1 Å². The summed E-state index contributed by atoms with van der Waals surface area (Å²) in [7, 11) is 0. The van der Waals surface area contributed by atoms with E-state index in [1.54, 1.807) is 6.92 Å². The molecule has 1 fully saturated rings. The summed E-state index contributed by atoms with van der Waals surface area (Å²) in [6, 6.07) is 6.42. The van der Waals surface area contributed by atoms with Crippen molar-refractivity contribution in [3.8, 4) is 0 Å². The smallest absolute Gasteiger partial charge is 0.314 e.